The predicted octanol–water partition coefficient (Wildman–Crippen LogP) is 1.15. The standard InChI is InChI=1S/C8H17NO/c1-3-8-4-7(5-9)6(2)10-8/h6-8H,3-5,9H2,1-2H3. The maximum absolute atomic E-state index is 5.63. The topological polar surface area (TPSA) is 35.2 Å². The molecule has 3 atom stereocenters. The average Bonchev–Trinajstić information content (AvgIpc) is 2.30. The normalized spacial score (nSPS) is 40.5. The van der Waals surface area contributed by atoms with Crippen molar-refractivity contribution in [2.75, 3.05) is 6.54 Å². The minimum absolute atomic E-state index is 0.384. The van der Waals surface area contributed by atoms with Crippen molar-refractivity contribution in [3.05, 3.63) is 0 Å². The zero-order chi connectivity index (χ0) is 7.56. The Bertz CT molecular complexity index is 105. The third-order valence-corrected chi connectivity index (χ3v) is 2.39. The van der Waals surface area contributed by atoms with Crippen LogP contribution >= 0.6 is 0 Å². The Hall–Kier alpha value is -0.0800. The molecule has 3 unspecified atom stereocenters. The van der Waals surface area contributed by atoms with Gasteiger partial charge in [-0.05, 0) is 32.2 Å². The van der Waals surface area contributed by atoms with Gasteiger partial charge in [-0.3, -0.25) is 0 Å². The van der Waals surface area contributed by atoms with Gasteiger partial charge in [0.25, 0.3) is 0 Å². The highest BCUT2D eigenvalue weighted by molar-refractivity contribution is 4.79. The highest BCUT2D eigenvalue weighted by Gasteiger charge is 2.29. The molecule has 0 aromatic rings. The Morgan fingerprint density at radius 1 is 1.60 bits per heavy atom. The zero-order valence-electron chi connectivity index (χ0n) is 6.84. The lowest BCUT2D eigenvalue weighted by atomic mass is 10.00. The molecule has 1 fully saturated rings. The van der Waals surface area contributed by atoms with Gasteiger partial charge in [0.15, 0.2) is 0 Å². The SMILES string of the molecule is CCC1CC(CN)C(C)O1. The highest BCUT2D eigenvalue weighted by atomic mass is 16.5. The minimum Gasteiger partial charge on any atom is -0.375 e. The summed E-state index contributed by atoms with van der Waals surface area (Å²) in [4.78, 5) is 0. The average molecular weight is 143 g/mol. The molecule has 0 aromatic heterocycles. The van der Waals surface area contributed by atoms with E-state index in [4.69, 9.17) is 10.5 Å². The van der Waals surface area contributed by atoms with Crippen LogP contribution in [0.4, 0.5) is 0 Å². The monoisotopic (exact) mass is 143 g/mol. The first kappa shape index (κ1) is 8.02. The quantitative estimate of drug-likeness (QED) is 0.629. The van der Waals surface area contributed by atoms with Crippen molar-refractivity contribution in [3.63, 3.8) is 0 Å². The molecule has 10 heavy (non-hydrogen) atoms. The second-order valence-corrected chi connectivity index (χ2v) is 3.10. The Morgan fingerprint density at radius 3 is 2.60 bits per heavy atom. The summed E-state index contributed by atoms with van der Waals surface area (Å²) in [5.41, 5.74) is 5.56. The van der Waals surface area contributed by atoms with Gasteiger partial charge in [-0.25, -0.2) is 0 Å². The van der Waals surface area contributed by atoms with Crippen LogP contribution in [0.3, 0.4) is 0 Å². The fourth-order valence-electron chi connectivity index (χ4n) is 1.55. The van der Waals surface area contributed by atoms with Gasteiger partial charge in [0.2, 0.25) is 0 Å². The molecule has 0 amide bonds. The van der Waals surface area contributed by atoms with Crippen molar-refractivity contribution in [1.82, 2.24) is 0 Å². The van der Waals surface area contributed by atoms with Gasteiger partial charge < -0.3 is 10.5 Å². The van der Waals surface area contributed by atoms with Crippen molar-refractivity contribution < 1.29 is 4.74 Å². The van der Waals surface area contributed by atoms with Crippen molar-refractivity contribution >= 4 is 0 Å². The number of rotatable bonds is 2. The maximum atomic E-state index is 5.63. The van der Waals surface area contributed by atoms with E-state index >= 15 is 0 Å². The second kappa shape index (κ2) is 3.35. The minimum atomic E-state index is 0.384. The van der Waals surface area contributed by atoms with Crippen LogP contribution in [-0.2, 0) is 4.74 Å². The summed E-state index contributed by atoms with van der Waals surface area (Å²) in [5.74, 6) is 0.602. The Kier molecular flexibility index (Phi) is 2.69. The number of hydrogen-bond donors (Lipinski definition) is 1. The van der Waals surface area contributed by atoms with Gasteiger partial charge >= 0.3 is 0 Å². The Morgan fingerprint density at radius 2 is 2.30 bits per heavy atom. The molecule has 60 valence electrons. The zero-order valence-corrected chi connectivity index (χ0v) is 6.84. The lowest BCUT2D eigenvalue weighted by molar-refractivity contribution is 0.0451. The van der Waals surface area contributed by atoms with Gasteiger partial charge in [0.1, 0.15) is 0 Å². The summed E-state index contributed by atoms with van der Waals surface area (Å²) in [7, 11) is 0. The first-order valence-corrected chi connectivity index (χ1v) is 4.13. The summed E-state index contributed by atoms with van der Waals surface area (Å²) in [6.45, 7) is 5.06. The van der Waals surface area contributed by atoms with E-state index in [0.29, 0.717) is 18.1 Å². The summed E-state index contributed by atoms with van der Waals surface area (Å²) < 4.78 is 5.63. The van der Waals surface area contributed by atoms with Gasteiger partial charge in [0.05, 0.1) is 12.2 Å². The lowest BCUT2D eigenvalue weighted by Crippen LogP contribution is -2.20. The van der Waals surface area contributed by atoms with E-state index in [1.165, 1.54) is 0 Å². The predicted molar refractivity (Wildman–Crippen MR) is 41.8 cm³/mol. The molecule has 0 spiro atoms. The molecule has 0 aromatic carbocycles. The van der Waals surface area contributed by atoms with E-state index in [0.717, 1.165) is 19.4 Å². The molecule has 2 N–H and O–H groups in total. The summed E-state index contributed by atoms with van der Waals surface area (Å²) in [6.07, 6.45) is 3.15. The highest BCUT2D eigenvalue weighted by Crippen LogP contribution is 2.26. The fraction of sp³-hybridized carbons (Fsp3) is 1.00. The van der Waals surface area contributed by atoms with E-state index in [2.05, 4.69) is 13.8 Å². The van der Waals surface area contributed by atoms with Gasteiger partial charge in [-0.1, -0.05) is 6.92 Å². The number of nitrogens with two attached hydrogens (primary N) is 1. The van der Waals surface area contributed by atoms with Gasteiger partial charge in [-0.2, -0.15) is 0 Å². The van der Waals surface area contributed by atoms with Gasteiger partial charge in [0, 0.05) is 0 Å². The van der Waals surface area contributed by atoms with Crippen molar-refractivity contribution in [2.45, 2.75) is 38.9 Å². The second-order valence-electron chi connectivity index (χ2n) is 3.10. The Labute approximate surface area is 62.7 Å². The molecule has 0 radical (unpaired) electrons. The molecule has 1 aliphatic heterocycles. The van der Waals surface area contributed by atoms with Crippen molar-refractivity contribution in [1.29, 1.82) is 0 Å². The van der Waals surface area contributed by atoms with Crippen LogP contribution in [0.15, 0.2) is 0 Å². The first-order valence-electron chi connectivity index (χ1n) is 4.13. The van der Waals surface area contributed by atoms with E-state index < -0.39 is 0 Å². The van der Waals surface area contributed by atoms with Crippen LogP contribution in [0.5, 0.6) is 0 Å². The van der Waals surface area contributed by atoms with Crippen LogP contribution in [0, 0.1) is 5.92 Å². The van der Waals surface area contributed by atoms with E-state index in [-0.39, 0.29) is 0 Å². The molecule has 2 heteroatoms. The van der Waals surface area contributed by atoms with Gasteiger partial charge in [-0.15, -0.1) is 0 Å². The third-order valence-electron chi connectivity index (χ3n) is 2.39. The van der Waals surface area contributed by atoms with Crippen LogP contribution in [0.2, 0.25) is 0 Å². The van der Waals surface area contributed by atoms with Crippen LogP contribution in [0.25, 0.3) is 0 Å². The Balaban J connectivity index is 2.36. The molecule has 1 heterocycles. The fourth-order valence-corrected chi connectivity index (χ4v) is 1.55. The molecule has 0 aliphatic carbocycles. The first-order chi connectivity index (χ1) is 4.77. The molecule has 1 saturated heterocycles. The van der Waals surface area contributed by atoms with Crippen LogP contribution in [-0.4, -0.2) is 18.8 Å². The summed E-state index contributed by atoms with van der Waals surface area (Å²) >= 11 is 0. The van der Waals surface area contributed by atoms with Crippen LogP contribution < -0.4 is 5.73 Å². The third kappa shape index (κ3) is 1.50. The largest absolute Gasteiger partial charge is 0.375 e. The number of ether oxygens (including phenoxy) is 1. The van der Waals surface area contributed by atoms with Crippen LogP contribution in [0.1, 0.15) is 26.7 Å². The molecular weight excluding hydrogens is 126 g/mol. The van der Waals surface area contributed by atoms with Crippen molar-refractivity contribution in [2.24, 2.45) is 11.7 Å². The number of hydrogen-bond acceptors (Lipinski definition) is 2. The molecule has 0 bridgehead atoms. The molecule has 2 nitrogen and oxygen atoms in total. The molecule has 1 aliphatic rings. The molecule has 1 rings (SSSR count). The van der Waals surface area contributed by atoms with E-state index in [9.17, 15) is 0 Å². The smallest absolute Gasteiger partial charge is 0.0591 e. The molecule has 0 saturated carbocycles. The van der Waals surface area contributed by atoms with Crippen molar-refractivity contribution in [3.8, 4) is 0 Å². The van der Waals surface area contributed by atoms with E-state index in [1.807, 2.05) is 0 Å². The summed E-state index contributed by atoms with van der Waals surface area (Å²) in [5, 5.41) is 0. The maximum Gasteiger partial charge on any atom is 0.0591 e. The summed E-state index contributed by atoms with van der Waals surface area (Å²) in [6, 6.07) is 0. The lowest BCUT2D eigenvalue weighted by Gasteiger charge is -2.09. The molecular formula is C8H17NO. The van der Waals surface area contributed by atoms with E-state index in [1.54, 1.807) is 0 Å².